The van der Waals surface area contributed by atoms with Crippen LogP contribution in [0.4, 0.5) is 0 Å². The molecule has 2 heterocycles. The van der Waals surface area contributed by atoms with Gasteiger partial charge >= 0.3 is 0 Å². The maximum atomic E-state index is 3.46. The minimum Gasteiger partial charge on any atom is -0.306 e. The minimum atomic E-state index is 1.09. The largest absolute Gasteiger partial charge is 0.306 e. The molecule has 0 radical (unpaired) electrons. The van der Waals surface area contributed by atoms with E-state index < -0.39 is 0 Å². The third kappa shape index (κ3) is 2.89. The Hall–Kier alpha value is -1.98. The van der Waals surface area contributed by atoms with Gasteiger partial charge in [0.15, 0.2) is 0 Å². The first kappa shape index (κ1) is 15.5. The second-order valence-electron chi connectivity index (χ2n) is 7.35. The maximum Gasteiger partial charge on any atom is 0.0618 e. The van der Waals surface area contributed by atoms with E-state index in [1.807, 2.05) is 0 Å². The van der Waals surface area contributed by atoms with Crippen molar-refractivity contribution in [1.29, 1.82) is 0 Å². The molecule has 2 aliphatic rings. The maximum absolute atomic E-state index is 3.46. The Morgan fingerprint density at radius 3 is 2.67 bits per heavy atom. The number of aryl methyl sites for hydroxylation is 1. The van der Waals surface area contributed by atoms with Crippen molar-refractivity contribution < 1.29 is 0 Å². The molecule has 2 nitrogen and oxygen atoms in total. The molecule has 0 bridgehead atoms. The smallest absolute Gasteiger partial charge is 0.0618 e. The number of fused-ring (bicyclic) bond motifs is 3. The van der Waals surface area contributed by atoms with Crippen LogP contribution in [-0.4, -0.2) is 29.6 Å². The summed E-state index contributed by atoms with van der Waals surface area (Å²) in [5.41, 5.74) is 7.09. The second-order valence-corrected chi connectivity index (χ2v) is 7.35. The summed E-state index contributed by atoms with van der Waals surface area (Å²) in [5.74, 6) is 3.36. The summed E-state index contributed by atoms with van der Waals surface area (Å²) >= 11 is 0. The Bertz CT molecular complexity index is 849. The molecule has 124 valence electrons. The number of nitrogens with zero attached hydrogens (tertiary/aromatic N) is 2. The predicted octanol–water partition coefficient (Wildman–Crippen LogP) is 4.29. The van der Waals surface area contributed by atoms with Crippen LogP contribution in [0.15, 0.2) is 29.8 Å². The Morgan fingerprint density at radius 2 is 1.83 bits per heavy atom. The molecule has 0 amide bonds. The molecule has 1 aromatic carbocycles. The van der Waals surface area contributed by atoms with Gasteiger partial charge in [0.2, 0.25) is 0 Å². The van der Waals surface area contributed by atoms with Crippen molar-refractivity contribution in [3.63, 3.8) is 0 Å². The highest BCUT2D eigenvalue weighted by molar-refractivity contribution is 5.87. The van der Waals surface area contributed by atoms with Crippen LogP contribution in [0, 0.1) is 18.9 Å². The molecule has 2 aromatic rings. The molecule has 1 saturated carbocycles. The van der Waals surface area contributed by atoms with Gasteiger partial charge in [-0.2, -0.15) is 0 Å². The molecule has 0 saturated heterocycles. The van der Waals surface area contributed by atoms with Gasteiger partial charge < -0.3 is 4.90 Å². The van der Waals surface area contributed by atoms with Crippen LogP contribution in [0.1, 0.15) is 42.5 Å². The van der Waals surface area contributed by atoms with Gasteiger partial charge in [-0.05, 0) is 69.8 Å². The molecule has 0 spiro atoms. The van der Waals surface area contributed by atoms with Gasteiger partial charge in [-0.1, -0.05) is 23.1 Å². The number of likely N-dealkylation sites (N-methyl/N-ethyl adjacent to an activating group) is 1. The molecule has 0 atom stereocenters. The van der Waals surface area contributed by atoms with E-state index in [1.54, 1.807) is 0 Å². The molecule has 24 heavy (non-hydrogen) atoms. The van der Waals surface area contributed by atoms with Crippen LogP contribution >= 0.6 is 0 Å². The van der Waals surface area contributed by atoms with E-state index in [2.05, 4.69) is 59.7 Å². The van der Waals surface area contributed by atoms with E-state index in [9.17, 15) is 0 Å². The SMILES string of the molecule is Cc1ccc2c(c1)c1c(n2C#CC=C2CCCC2)CCN(C)CC1. The Morgan fingerprint density at radius 1 is 1.04 bits per heavy atom. The molecule has 1 aliphatic carbocycles. The summed E-state index contributed by atoms with van der Waals surface area (Å²) in [7, 11) is 2.22. The third-order valence-electron chi connectivity index (χ3n) is 5.51. The van der Waals surface area contributed by atoms with E-state index in [-0.39, 0.29) is 0 Å². The predicted molar refractivity (Wildman–Crippen MR) is 101 cm³/mol. The number of allylic oxidation sites excluding steroid dienone is 2. The van der Waals surface area contributed by atoms with Gasteiger partial charge in [-0.15, -0.1) is 0 Å². The summed E-state index contributed by atoms with van der Waals surface area (Å²) in [6, 6.07) is 10.3. The zero-order chi connectivity index (χ0) is 16.5. The van der Waals surface area contributed by atoms with E-state index in [4.69, 9.17) is 0 Å². The lowest BCUT2D eigenvalue weighted by atomic mass is 10.1. The van der Waals surface area contributed by atoms with Crippen molar-refractivity contribution in [3.8, 4) is 12.0 Å². The third-order valence-corrected chi connectivity index (χ3v) is 5.51. The Kier molecular flexibility index (Phi) is 4.21. The average Bonchev–Trinajstić information content (AvgIpc) is 3.12. The topological polar surface area (TPSA) is 8.17 Å². The second kappa shape index (κ2) is 6.49. The van der Waals surface area contributed by atoms with Crippen LogP contribution in [0.5, 0.6) is 0 Å². The molecule has 1 fully saturated rings. The summed E-state index contributed by atoms with van der Waals surface area (Å²) in [6.07, 6.45) is 9.53. The van der Waals surface area contributed by atoms with E-state index in [0.29, 0.717) is 0 Å². The van der Waals surface area contributed by atoms with E-state index in [0.717, 1.165) is 25.9 Å². The number of hydrogen-bond donors (Lipinski definition) is 0. The highest BCUT2D eigenvalue weighted by Crippen LogP contribution is 2.29. The Labute approximate surface area is 145 Å². The van der Waals surface area contributed by atoms with Crippen LogP contribution in [0.3, 0.4) is 0 Å². The number of rotatable bonds is 0. The minimum absolute atomic E-state index is 1.09. The molecule has 2 heteroatoms. The van der Waals surface area contributed by atoms with Crippen molar-refractivity contribution in [2.24, 2.45) is 0 Å². The van der Waals surface area contributed by atoms with Crippen LogP contribution in [-0.2, 0) is 12.8 Å². The lowest BCUT2D eigenvalue weighted by Gasteiger charge is -2.12. The summed E-state index contributed by atoms with van der Waals surface area (Å²) in [4.78, 5) is 2.43. The highest BCUT2D eigenvalue weighted by atomic mass is 15.1. The molecule has 1 aliphatic heterocycles. The van der Waals surface area contributed by atoms with Crippen molar-refractivity contribution in [2.45, 2.75) is 45.4 Å². The number of benzene rings is 1. The summed E-state index contributed by atoms with van der Waals surface area (Å²) in [6.45, 7) is 4.44. The number of aromatic nitrogens is 1. The van der Waals surface area contributed by atoms with Crippen LogP contribution in [0.2, 0.25) is 0 Å². The van der Waals surface area contributed by atoms with E-state index in [1.165, 1.54) is 59.0 Å². The normalized spacial score (nSPS) is 18.2. The summed E-state index contributed by atoms with van der Waals surface area (Å²) in [5, 5.41) is 1.41. The van der Waals surface area contributed by atoms with Crippen molar-refractivity contribution in [2.75, 3.05) is 20.1 Å². The van der Waals surface area contributed by atoms with Gasteiger partial charge in [0, 0.05) is 36.6 Å². The van der Waals surface area contributed by atoms with Gasteiger partial charge in [-0.3, -0.25) is 4.57 Å². The summed E-state index contributed by atoms with van der Waals surface area (Å²) < 4.78 is 2.27. The lowest BCUT2D eigenvalue weighted by Crippen LogP contribution is -2.21. The fourth-order valence-corrected chi connectivity index (χ4v) is 4.08. The fraction of sp³-hybridized carbons (Fsp3) is 0.455. The fourth-order valence-electron chi connectivity index (χ4n) is 4.08. The first-order chi connectivity index (χ1) is 11.7. The van der Waals surface area contributed by atoms with Gasteiger partial charge in [0.1, 0.15) is 0 Å². The molecule has 4 rings (SSSR count). The average molecular weight is 318 g/mol. The monoisotopic (exact) mass is 318 g/mol. The van der Waals surface area contributed by atoms with Gasteiger partial charge in [-0.25, -0.2) is 0 Å². The standard InChI is InChI=1S/C22H26N2/c1-17-9-10-21-20(16-17)19-11-14-23(2)15-12-22(19)24(21)13-5-8-18-6-3-4-7-18/h8-10,16H,3-4,6-7,11-12,14-15H2,1-2H3. The zero-order valence-corrected chi connectivity index (χ0v) is 14.9. The molecule has 0 unspecified atom stereocenters. The Balaban J connectivity index is 1.82. The lowest BCUT2D eigenvalue weighted by molar-refractivity contribution is 0.351. The molecular formula is C22H26N2. The molecule has 0 N–H and O–H groups in total. The first-order valence-electron chi connectivity index (χ1n) is 9.23. The quantitative estimate of drug-likeness (QED) is 0.658. The van der Waals surface area contributed by atoms with Gasteiger partial charge in [0.25, 0.3) is 0 Å². The molecule has 1 aromatic heterocycles. The van der Waals surface area contributed by atoms with Gasteiger partial charge in [0.05, 0.1) is 5.52 Å². The highest BCUT2D eigenvalue weighted by Gasteiger charge is 2.20. The molecular weight excluding hydrogens is 292 g/mol. The van der Waals surface area contributed by atoms with Crippen molar-refractivity contribution >= 4 is 10.9 Å². The van der Waals surface area contributed by atoms with Crippen LogP contribution in [0.25, 0.3) is 10.9 Å². The van der Waals surface area contributed by atoms with Crippen LogP contribution < -0.4 is 0 Å². The van der Waals surface area contributed by atoms with E-state index >= 15 is 0 Å². The van der Waals surface area contributed by atoms with Crippen molar-refractivity contribution in [3.05, 3.63) is 46.7 Å². The zero-order valence-electron chi connectivity index (χ0n) is 14.9. The van der Waals surface area contributed by atoms with Crippen molar-refractivity contribution in [1.82, 2.24) is 9.47 Å². The number of hydrogen-bond acceptors (Lipinski definition) is 1. The first-order valence-corrected chi connectivity index (χ1v) is 9.23.